The predicted octanol–water partition coefficient (Wildman–Crippen LogP) is 4.59. The molecule has 0 saturated carbocycles. The first-order valence-corrected chi connectivity index (χ1v) is 7.38. The number of nitrogens with one attached hydrogen (secondary N) is 1. The van der Waals surface area contributed by atoms with E-state index in [9.17, 15) is 18.0 Å². The number of amides is 1. The molecule has 2 rings (SSSR count). The molecule has 0 aliphatic heterocycles. The van der Waals surface area contributed by atoms with E-state index >= 15 is 0 Å². The Morgan fingerprint density at radius 2 is 1.79 bits per heavy atom. The lowest BCUT2D eigenvalue weighted by molar-refractivity contribution is -0.137. The first-order chi connectivity index (χ1) is 11.3. The summed E-state index contributed by atoms with van der Waals surface area (Å²) in [5.74, 6) is -0.284. The first kappa shape index (κ1) is 17.7. The highest BCUT2D eigenvalue weighted by Gasteiger charge is 2.30. The van der Waals surface area contributed by atoms with Crippen LogP contribution in [0.25, 0.3) is 0 Å². The van der Waals surface area contributed by atoms with Crippen LogP contribution in [0, 0.1) is 0 Å². The molecule has 0 fully saturated rings. The molecular weight excluding hydrogens is 317 g/mol. The Morgan fingerprint density at radius 1 is 1.12 bits per heavy atom. The molecule has 2 aromatic rings. The molecule has 0 aliphatic rings. The van der Waals surface area contributed by atoms with E-state index < -0.39 is 17.6 Å². The van der Waals surface area contributed by atoms with Crippen molar-refractivity contribution < 1.29 is 18.0 Å². The molecule has 1 N–H and O–H groups in total. The van der Waals surface area contributed by atoms with Crippen LogP contribution in [-0.2, 0) is 6.18 Å². The van der Waals surface area contributed by atoms with Crippen molar-refractivity contribution in [3.63, 3.8) is 0 Å². The fraction of sp³-hybridized carbons (Fsp3) is 0.222. The van der Waals surface area contributed by atoms with Gasteiger partial charge < -0.3 is 0 Å². The van der Waals surface area contributed by atoms with Crippen LogP contribution >= 0.6 is 0 Å². The van der Waals surface area contributed by atoms with Crippen LogP contribution < -0.4 is 5.43 Å². The summed E-state index contributed by atoms with van der Waals surface area (Å²) in [5, 5.41) is 3.78. The van der Waals surface area contributed by atoms with Gasteiger partial charge in [0.25, 0.3) is 5.91 Å². The maximum atomic E-state index is 12.6. The van der Waals surface area contributed by atoms with Crippen molar-refractivity contribution in [2.24, 2.45) is 5.10 Å². The highest BCUT2D eigenvalue weighted by atomic mass is 19.4. The fourth-order valence-electron chi connectivity index (χ4n) is 2.03. The van der Waals surface area contributed by atoms with E-state index in [0.717, 1.165) is 17.7 Å². The number of halogens is 3. The van der Waals surface area contributed by atoms with Gasteiger partial charge in [-0.15, -0.1) is 0 Å². The summed E-state index contributed by atoms with van der Waals surface area (Å²) in [6.07, 6.45) is -3.05. The molecule has 0 unspecified atom stereocenters. The number of nitrogens with zero attached hydrogens (tertiary/aromatic N) is 1. The summed E-state index contributed by atoms with van der Waals surface area (Å²) >= 11 is 0. The second kappa shape index (κ2) is 7.29. The van der Waals surface area contributed by atoms with Gasteiger partial charge in [-0.1, -0.05) is 44.2 Å². The topological polar surface area (TPSA) is 41.5 Å². The normalized spacial score (nSPS) is 11.9. The Bertz CT molecular complexity index is 735. The zero-order valence-corrected chi connectivity index (χ0v) is 13.3. The van der Waals surface area contributed by atoms with Crippen molar-refractivity contribution in [3.05, 3.63) is 70.8 Å². The van der Waals surface area contributed by atoms with Crippen molar-refractivity contribution in [2.75, 3.05) is 0 Å². The quantitative estimate of drug-likeness (QED) is 0.645. The highest BCUT2D eigenvalue weighted by Crippen LogP contribution is 2.29. The van der Waals surface area contributed by atoms with E-state index in [4.69, 9.17) is 0 Å². The van der Waals surface area contributed by atoms with Gasteiger partial charge in [-0.25, -0.2) is 5.43 Å². The smallest absolute Gasteiger partial charge is 0.267 e. The number of hydrogen-bond acceptors (Lipinski definition) is 2. The zero-order valence-electron chi connectivity index (χ0n) is 13.3. The standard InChI is InChI=1S/C18H17F3N2O/c1-12(2)14-8-6-13(7-9-14)11-22-23-17(24)15-4-3-5-16(10-15)18(19,20)21/h3-12H,1-2H3,(H,23,24)/b22-11-. The lowest BCUT2D eigenvalue weighted by Crippen LogP contribution is -2.18. The Labute approximate surface area is 138 Å². The third-order valence-electron chi connectivity index (χ3n) is 3.43. The number of hydrogen-bond donors (Lipinski definition) is 1. The van der Waals surface area contributed by atoms with Gasteiger partial charge in [0.05, 0.1) is 11.8 Å². The molecule has 0 saturated heterocycles. The third kappa shape index (κ3) is 4.68. The molecule has 0 aromatic heterocycles. The van der Waals surface area contributed by atoms with Crippen LogP contribution in [-0.4, -0.2) is 12.1 Å². The highest BCUT2D eigenvalue weighted by molar-refractivity contribution is 5.95. The maximum Gasteiger partial charge on any atom is 0.416 e. The maximum absolute atomic E-state index is 12.6. The summed E-state index contributed by atoms with van der Waals surface area (Å²) in [6, 6.07) is 11.8. The van der Waals surface area contributed by atoms with Gasteiger partial charge in [0.15, 0.2) is 0 Å². The van der Waals surface area contributed by atoms with E-state index in [1.807, 2.05) is 24.3 Å². The minimum atomic E-state index is -4.49. The monoisotopic (exact) mass is 334 g/mol. The molecule has 2 aromatic carbocycles. The van der Waals surface area contributed by atoms with E-state index in [0.29, 0.717) is 5.92 Å². The predicted molar refractivity (Wildman–Crippen MR) is 87.0 cm³/mol. The summed E-state index contributed by atoms with van der Waals surface area (Å²) in [4.78, 5) is 11.9. The number of alkyl halides is 3. The molecular formula is C18H17F3N2O. The Hall–Kier alpha value is -2.63. The summed E-state index contributed by atoms with van der Waals surface area (Å²) in [6.45, 7) is 4.16. The Kier molecular flexibility index (Phi) is 5.39. The van der Waals surface area contributed by atoms with E-state index in [1.54, 1.807) is 0 Å². The van der Waals surface area contributed by atoms with E-state index in [2.05, 4.69) is 24.4 Å². The largest absolute Gasteiger partial charge is 0.416 e. The van der Waals surface area contributed by atoms with E-state index in [1.165, 1.54) is 23.9 Å². The fourth-order valence-corrected chi connectivity index (χ4v) is 2.03. The second-order valence-corrected chi connectivity index (χ2v) is 5.60. The van der Waals surface area contributed by atoms with Crippen molar-refractivity contribution in [3.8, 4) is 0 Å². The molecule has 6 heteroatoms. The van der Waals surface area contributed by atoms with Crippen molar-refractivity contribution in [2.45, 2.75) is 25.9 Å². The number of rotatable bonds is 4. The molecule has 0 radical (unpaired) electrons. The number of carbonyl (C=O) groups is 1. The number of hydrazone groups is 1. The molecule has 0 aliphatic carbocycles. The molecule has 126 valence electrons. The molecule has 3 nitrogen and oxygen atoms in total. The van der Waals surface area contributed by atoms with Crippen LogP contribution in [0.15, 0.2) is 53.6 Å². The molecule has 0 atom stereocenters. The Balaban J connectivity index is 2.02. The van der Waals surface area contributed by atoms with Crippen molar-refractivity contribution in [1.82, 2.24) is 5.43 Å². The summed E-state index contributed by atoms with van der Waals surface area (Å²) < 4.78 is 37.9. The minimum Gasteiger partial charge on any atom is -0.267 e. The zero-order chi connectivity index (χ0) is 17.7. The summed E-state index contributed by atoms with van der Waals surface area (Å²) in [7, 11) is 0. The molecule has 0 heterocycles. The second-order valence-electron chi connectivity index (χ2n) is 5.60. The minimum absolute atomic E-state index is 0.0999. The van der Waals surface area contributed by atoms with Gasteiger partial charge in [-0.05, 0) is 35.2 Å². The van der Waals surface area contributed by atoms with Crippen LogP contribution in [0.3, 0.4) is 0 Å². The third-order valence-corrected chi connectivity index (χ3v) is 3.43. The van der Waals surface area contributed by atoms with Gasteiger partial charge in [0, 0.05) is 5.56 Å². The van der Waals surface area contributed by atoms with Crippen LogP contribution in [0.4, 0.5) is 13.2 Å². The van der Waals surface area contributed by atoms with E-state index in [-0.39, 0.29) is 5.56 Å². The molecule has 1 amide bonds. The number of carbonyl (C=O) groups excluding carboxylic acids is 1. The van der Waals surface area contributed by atoms with Gasteiger partial charge in [-0.2, -0.15) is 18.3 Å². The van der Waals surface area contributed by atoms with Crippen molar-refractivity contribution in [1.29, 1.82) is 0 Å². The van der Waals surface area contributed by atoms with Crippen LogP contribution in [0.2, 0.25) is 0 Å². The average molecular weight is 334 g/mol. The van der Waals surface area contributed by atoms with Gasteiger partial charge in [0.2, 0.25) is 0 Å². The summed E-state index contributed by atoms with van der Waals surface area (Å²) in [5.41, 5.74) is 3.22. The van der Waals surface area contributed by atoms with Gasteiger partial charge in [-0.3, -0.25) is 4.79 Å². The lowest BCUT2D eigenvalue weighted by Gasteiger charge is -2.07. The van der Waals surface area contributed by atoms with Crippen LogP contribution in [0.1, 0.15) is 46.8 Å². The molecule has 24 heavy (non-hydrogen) atoms. The Morgan fingerprint density at radius 3 is 2.38 bits per heavy atom. The van der Waals surface area contributed by atoms with Crippen molar-refractivity contribution >= 4 is 12.1 Å². The first-order valence-electron chi connectivity index (χ1n) is 7.38. The lowest BCUT2D eigenvalue weighted by atomic mass is 10.0. The molecule has 0 spiro atoms. The average Bonchev–Trinajstić information content (AvgIpc) is 2.54. The van der Waals surface area contributed by atoms with Crippen LogP contribution in [0.5, 0.6) is 0 Å². The molecule has 0 bridgehead atoms. The SMILES string of the molecule is CC(C)c1ccc(/C=N\NC(=O)c2cccc(C(F)(F)F)c2)cc1. The van der Waals surface area contributed by atoms with Gasteiger partial charge in [0.1, 0.15) is 0 Å². The van der Waals surface area contributed by atoms with Gasteiger partial charge >= 0.3 is 6.18 Å². The number of benzene rings is 2.